The molecule has 8 nitrogen and oxygen atoms in total. The van der Waals surface area contributed by atoms with Gasteiger partial charge in [0.15, 0.2) is 11.7 Å². The lowest BCUT2D eigenvalue weighted by molar-refractivity contribution is -0.228. The van der Waals surface area contributed by atoms with Crippen molar-refractivity contribution < 1.29 is 27.1 Å². The second kappa shape index (κ2) is 9.19. The van der Waals surface area contributed by atoms with Crippen LogP contribution in [0, 0.1) is 0 Å². The molecule has 0 saturated carbocycles. The summed E-state index contributed by atoms with van der Waals surface area (Å²) in [6.07, 6.45) is -6.60. The van der Waals surface area contributed by atoms with E-state index in [0.717, 1.165) is 12.6 Å². The van der Waals surface area contributed by atoms with E-state index in [1.165, 1.54) is 0 Å². The number of carbonyl (C=O) groups excluding carboxylic acids is 1. The van der Waals surface area contributed by atoms with Crippen LogP contribution in [-0.2, 0) is 4.74 Å². The third-order valence-electron chi connectivity index (χ3n) is 6.23. The lowest BCUT2D eigenvalue weighted by atomic mass is 10.1. The number of halogens is 4. The smallest absolute Gasteiger partial charge is 0.414 e. The molecule has 2 fully saturated rings. The first-order chi connectivity index (χ1) is 16.7. The zero-order valence-corrected chi connectivity index (χ0v) is 19.6. The Bertz CT molecular complexity index is 1210. The molecule has 2 aliphatic heterocycles. The molecule has 0 aliphatic carbocycles. The van der Waals surface area contributed by atoms with Gasteiger partial charge >= 0.3 is 6.18 Å². The van der Waals surface area contributed by atoms with Gasteiger partial charge in [0.05, 0.1) is 6.10 Å². The minimum Gasteiger partial charge on any atom is -0.422 e. The molecule has 1 amide bonds. The zero-order valence-electron chi connectivity index (χ0n) is 18.8. The Morgan fingerprint density at radius 1 is 1.06 bits per heavy atom. The molecule has 2 aromatic heterocycles. The molecule has 12 heteroatoms. The Balaban J connectivity index is 1.13. The molecule has 2 aliphatic rings. The normalized spacial score (nSPS) is 18.1. The number of hydrogen-bond acceptors (Lipinski definition) is 7. The number of carbonyl (C=O) groups is 1. The van der Waals surface area contributed by atoms with Crippen LogP contribution >= 0.6 is 11.6 Å². The number of benzene rings is 1. The van der Waals surface area contributed by atoms with E-state index in [1.54, 1.807) is 29.2 Å². The molecule has 1 unspecified atom stereocenters. The summed E-state index contributed by atoms with van der Waals surface area (Å²) in [6, 6.07) is 10.9. The topological polar surface area (TPSA) is 74.9 Å². The summed E-state index contributed by atoms with van der Waals surface area (Å²) < 4.78 is 48.7. The number of pyridine rings is 1. The van der Waals surface area contributed by atoms with Gasteiger partial charge in [-0.2, -0.15) is 18.2 Å². The average Bonchev–Trinajstić information content (AvgIpc) is 3.23. The molecule has 0 spiro atoms. The second-order valence-electron chi connectivity index (χ2n) is 8.63. The molecule has 0 radical (unpaired) electrons. The summed E-state index contributed by atoms with van der Waals surface area (Å²) in [7, 11) is 0. The maximum Gasteiger partial charge on any atom is 0.414 e. The Morgan fingerprint density at radius 2 is 1.74 bits per heavy atom. The highest BCUT2D eigenvalue weighted by atomic mass is 35.5. The minimum absolute atomic E-state index is 0.0777. The quantitative estimate of drug-likeness (QED) is 0.481. The van der Waals surface area contributed by atoms with E-state index >= 15 is 0 Å². The van der Waals surface area contributed by atoms with Crippen LogP contribution in [0.15, 0.2) is 40.8 Å². The van der Waals surface area contributed by atoms with Gasteiger partial charge < -0.3 is 23.9 Å². The SMILES string of the molecule is CC(OC1CN(c2ccc(C(=O)N3CCN(c4nc5nc(Cl)ccc5o4)CC3)cc2)C1)C(F)(F)F. The third-order valence-corrected chi connectivity index (χ3v) is 6.44. The van der Waals surface area contributed by atoms with Crippen LogP contribution in [0.25, 0.3) is 11.2 Å². The van der Waals surface area contributed by atoms with Gasteiger partial charge in [-0.3, -0.25) is 4.79 Å². The van der Waals surface area contributed by atoms with E-state index in [0.29, 0.717) is 67.2 Å². The number of rotatable bonds is 5. The number of nitrogens with zero attached hydrogens (tertiary/aromatic N) is 5. The van der Waals surface area contributed by atoms with Crippen LogP contribution in [0.1, 0.15) is 17.3 Å². The Kier molecular flexibility index (Phi) is 6.22. The number of amides is 1. The predicted octanol–water partition coefficient (Wildman–Crippen LogP) is 3.99. The molecule has 1 aromatic carbocycles. The minimum atomic E-state index is -4.36. The Hall–Kier alpha value is -3.05. The Morgan fingerprint density at radius 3 is 2.40 bits per heavy atom. The van der Waals surface area contributed by atoms with Crippen molar-refractivity contribution in [2.24, 2.45) is 0 Å². The molecule has 2 saturated heterocycles. The lowest BCUT2D eigenvalue weighted by Crippen LogP contribution is -2.54. The molecular weight excluding hydrogens is 487 g/mol. The first kappa shape index (κ1) is 23.7. The molecule has 186 valence electrons. The molecule has 1 atom stereocenters. The van der Waals surface area contributed by atoms with Gasteiger partial charge in [-0.1, -0.05) is 11.6 Å². The van der Waals surface area contributed by atoms with Crippen molar-refractivity contribution in [3.63, 3.8) is 0 Å². The van der Waals surface area contributed by atoms with Crippen molar-refractivity contribution in [3.05, 3.63) is 47.1 Å². The van der Waals surface area contributed by atoms with Gasteiger partial charge in [0.1, 0.15) is 5.15 Å². The summed E-state index contributed by atoms with van der Waals surface area (Å²) >= 11 is 5.91. The molecule has 3 aromatic rings. The number of hydrogen-bond donors (Lipinski definition) is 0. The standard InChI is InChI=1S/C23H23ClF3N5O3/c1-14(23(25,26)27)34-17-12-32(13-17)16-4-2-15(3-5-16)21(33)30-8-10-31(11-9-30)22-29-20-18(35-22)6-7-19(24)28-20/h2-7,14,17H,8-13H2,1H3. The zero-order chi connectivity index (χ0) is 24.7. The number of fused-ring (bicyclic) bond motifs is 1. The van der Waals surface area contributed by atoms with Crippen molar-refractivity contribution in [1.82, 2.24) is 14.9 Å². The van der Waals surface area contributed by atoms with Crippen LogP contribution < -0.4 is 9.80 Å². The first-order valence-electron chi connectivity index (χ1n) is 11.2. The van der Waals surface area contributed by atoms with E-state index in [9.17, 15) is 18.0 Å². The average molecular weight is 510 g/mol. The van der Waals surface area contributed by atoms with Gasteiger partial charge in [0.25, 0.3) is 11.9 Å². The van der Waals surface area contributed by atoms with Crippen molar-refractivity contribution in [2.75, 3.05) is 49.1 Å². The fourth-order valence-corrected chi connectivity index (χ4v) is 4.26. The lowest BCUT2D eigenvalue weighted by Gasteiger charge is -2.42. The fourth-order valence-electron chi connectivity index (χ4n) is 4.12. The van der Waals surface area contributed by atoms with Gasteiger partial charge in [-0.25, -0.2) is 4.98 Å². The van der Waals surface area contributed by atoms with E-state index in [4.69, 9.17) is 20.8 Å². The summed E-state index contributed by atoms with van der Waals surface area (Å²) in [5.74, 6) is -0.0777. The van der Waals surface area contributed by atoms with Gasteiger partial charge in [-0.05, 0) is 43.3 Å². The highest BCUT2D eigenvalue weighted by Gasteiger charge is 2.41. The molecule has 0 bridgehead atoms. The maximum atomic E-state index is 13.0. The van der Waals surface area contributed by atoms with Crippen molar-refractivity contribution in [2.45, 2.75) is 25.3 Å². The predicted molar refractivity (Wildman–Crippen MR) is 124 cm³/mol. The Labute approximate surface area is 204 Å². The number of anilines is 2. The highest BCUT2D eigenvalue weighted by Crippen LogP contribution is 2.29. The summed E-state index contributed by atoms with van der Waals surface area (Å²) in [4.78, 5) is 27.1. The van der Waals surface area contributed by atoms with E-state index in [1.807, 2.05) is 21.9 Å². The molecule has 35 heavy (non-hydrogen) atoms. The van der Waals surface area contributed by atoms with Crippen LogP contribution in [0.4, 0.5) is 24.9 Å². The molecule has 4 heterocycles. The molecule has 0 N–H and O–H groups in total. The number of aromatic nitrogens is 2. The van der Waals surface area contributed by atoms with Crippen LogP contribution in [0.3, 0.4) is 0 Å². The number of ether oxygens (including phenoxy) is 1. The number of piperazine rings is 1. The highest BCUT2D eigenvalue weighted by molar-refractivity contribution is 6.29. The molecule has 5 rings (SSSR count). The summed E-state index contributed by atoms with van der Waals surface area (Å²) in [5.41, 5.74) is 2.40. The number of alkyl halides is 3. The van der Waals surface area contributed by atoms with E-state index in [-0.39, 0.29) is 5.91 Å². The summed E-state index contributed by atoms with van der Waals surface area (Å²) in [5, 5.41) is 0.345. The van der Waals surface area contributed by atoms with Gasteiger partial charge in [-0.15, -0.1) is 0 Å². The first-order valence-corrected chi connectivity index (χ1v) is 11.6. The maximum absolute atomic E-state index is 13.0. The van der Waals surface area contributed by atoms with E-state index in [2.05, 4.69) is 9.97 Å². The van der Waals surface area contributed by atoms with Crippen molar-refractivity contribution >= 4 is 40.4 Å². The van der Waals surface area contributed by atoms with Crippen LogP contribution in [0.5, 0.6) is 0 Å². The monoisotopic (exact) mass is 509 g/mol. The van der Waals surface area contributed by atoms with Gasteiger partial charge in [0, 0.05) is 50.5 Å². The third kappa shape index (κ3) is 5.01. The van der Waals surface area contributed by atoms with Crippen LogP contribution in [0.2, 0.25) is 5.15 Å². The van der Waals surface area contributed by atoms with Crippen LogP contribution in [-0.4, -0.2) is 78.4 Å². The number of oxazole rings is 1. The largest absolute Gasteiger partial charge is 0.422 e. The van der Waals surface area contributed by atoms with Crippen molar-refractivity contribution in [1.29, 1.82) is 0 Å². The fraction of sp³-hybridized carbons (Fsp3) is 0.435. The van der Waals surface area contributed by atoms with E-state index < -0.39 is 18.4 Å². The molecular formula is C23H23ClF3N5O3. The summed E-state index contributed by atoms with van der Waals surface area (Å²) in [6.45, 7) is 3.93. The van der Waals surface area contributed by atoms with Crippen molar-refractivity contribution in [3.8, 4) is 0 Å². The second-order valence-corrected chi connectivity index (χ2v) is 9.01. The van der Waals surface area contributed by atoms with Gasteiger partial charge in [0.2, 0.25) is 5.65 Å².